The summed E-state index contributed by atoms with van der Waals surface area (Å²) in [5.74, 6) is 0.751. The van der Waals surface area contributed by atoms with E-state index in [-0.39, 0.29) is 13.0 Å². The minimum absolute atomic E-state index is 0.0558. The average Bonchev–Trinajstić information content (AvgIpc) is 2.24. The summed E-state index contributed by atoms with van der Waals surface area (Å²) in [6.07, 6.45) is -0.958. The lowest BCUT2D eigenvalue weighted by Gasteiger charge is -2.06. The number of alkyl halides is 4. The summed E-state index contributed by atoms with van der Waals surface area (Å²) in [5, 5.41) is 0. The van der Waals surface area contributed by atoms with E-state index in [2.05, 4.69) is 14.7 Å². The van der Waals surface area contributed by atoms with E-state index in [9.17, 15) is 13.2 Å². The number of hydrogen-bond donors (Lipinski definition) is 0. The van der Waals surface area contributed by atoms with Gasteiger partial charge in [-0.05, 0) is 0 Å². The predicted molar refractivity (Wildman–Crippen MR) is 52.2 cm³/mol. The number of nitrogens with zero attached hydrogens (tertiary/aromatic N) is 2. The molecule has 1 rings (SSSR count). The van der Waals surface area contributed by atoms with Crippen LogP contribution in [0.2, 0.25) is 0 Å². The molecular weight excluding hydrogens is 245 g/mol. The van der Waals surface area contributed by atoms with Gasteiger partial charge in [0.15, 0.2) is 0 Å². The maximum atomic E-state index is 11.7. The predicted octanol–water partition coefficient (Wildman–Crippen LogP) is 2.34. The van der Waals surface area contributed by atoms with Crippen LogP contribution < -0.4 is 0 Å². The third-order valence-electron chi connectivity index (χ3n) is 1.65. The van der Waals surface area contributed by atoms with Crippen molar-refractivity contribution in [1.29, 1.82) is 0 Å². The summed E-state index contributed by atoms with van der Waals surface area (Å²) >= 11 is 5.53. The topological polar surface area (TPSA) is 35.0 Å². The van der Waals surface area contributed by atoms with Crippen LogP contribution in [0, 0.1) is 0 Å². The Labute approximate surface area is 95.6 Å². The summed E-state index contributed by atoms with van der Waals surface area (Å²) in [7, 11) is 0. The Hall–Kier alpha value is -0.880. The highest BCUT2D eigenvalue weighted by Gasteiger charge is 2.27. The van der Waals surface area contributed by atoms with Gasteiger partial charge in [-0.1, -0.05) is 0 Å². The van der Waals surface area contributed by atoms with Gasteiger partial charge >= 0.3 is 6.18 Å². The number of halogens is 4. The van der Waals surface area contributed by atoms with E-state index in [1.807, 2.05) is 0 Å². The van der Waals surface area contributed by atoms with Gasteiger partial charge in [-0.2, -0.15) is 13.2 Å². The van der Waals surface area contributed by atoms with Crippen molar-refractivity contribution < 1.29 is 17.9 Å². The van der Waals surface area contributed by atoms with Gasteiger partial charge in [-0.15, -0.1) is 11.6 Å². The van der Waals surface area contributed by atoms with E-state index in [1.54, 1.807) is 12.4 Å². The van der Waals surface area contributed by atoms with E-state index in [0.717, 1.165) is 5.56 Å². The van der Waals surface area contributed by atoms with Crippen molar-refractivity contribution in [3.8, 4) is 0 Å². The minimum Gasteiger partial charge on any atom is -0.372 e. The molecule has 0 fully saturated rings. The van der Waals surface area contributed by atoms with Crippen LogP contribution in [0.25, 0.3) is 0 Å². The first-order valence-electron chi connectivity index (χ1n) is 4.51. The first kappa shape index (κ1) is 13.2. The molecule has 0 amide bonds. The van der Waals surface area contributed by atoms with Crippen LogP contribution in [0.1, 0.15) is 11.4 Å². The zero-order valence-electron chi connectivity index (χ0n) is 8.30. The zero-order chi connectivity index (χ0) is 12.0. The standard InChI is InChI=1S/C9H10ClF3N2O/c10-3-7-4-14-8(15-5-7)1-2-16-6-9(11,12)13/h4-5H,1-3,6H2. The fourth-order valence-electron chi connectivity index (χ4n) is 0.931. The molecule has 0 bridgehead atoms. The van der Waals surface area contributed by atoms with Crippen LogP contribution in [0.3, 0.4) is 0 Å². The van der Waals surface area contributed by atoms with Gasteiger partial charge in [-0.25, -0.2) is 9.97 Å². The molecule has 7 heteroatoms. The summed E-state index contributed by atoms with van der Waals surface area (Å²) in [6, 6.07) is 0. The molecule has 0 saturated heterocycles. The Kier molecular flexibility index (Phi) is 4.95. The number of aromatic nitrogens is 2. The highest BCUT2D eigenvalue weighted by Crippen LogP contribution is 2.14. The molecule has 16 heavy (non-hydrogen) atoms. The quantitative estimate of drug-likeness (QED) is 0.598. The molecule has 0 N–H and O–H groups in total. The van der Waals surface area contributed by atoms with Crippen LogP contribution >= 0.6 is 11.6 Å². The molecule has 0 aliphatic carbocycles. The first-order valence-corrected chi connectivity index (χ1v) is 5.05. The first-order chi connectivity index (χ1) is 7.51. The van der Waals surface area contributed by atoms with Crippen LogP contribution in [-0.2, 0) is 17.0 Å². The summed E-state index contributed by atoms with van der Waals surface area (Å²) < 4.78 is 39.6. The molecule has 3 nitrogen and oxygen atoms in total. The van der Waals surface area contributed by atoms with Crippen molar-refractivity contribution >= 4 is 11.6 Å². The lowest BCUT2D eigenvalue weighted by molar-refractivity contribution is -0.173. The number of rotatable bonds is 5. The van der Waals surface area contributed by atoms with Crippen molar-refractivity contribution in [1.82, 2.24) is 9.97 Å². The second-order valence-electron chi connectivity index (χ2n) is 3.06. The second-order valence-corrected chi connectivity index (χ2v) is 3.33. The van der Waals surface area contributed by atoms with Gasteiger partial charge < -0.3 is 4.74 Å². The molecule has 0 atom stereocenters. The molecule has 0 aliphatic heterocycles. The summed E-state index contributed by atoms with van der Waals surface area (Å²) in [5.41, 5.74) is 0.765. The highest BCUT2D eigenvalue weighted by atomic mass is 35.5. The molecule has 1 aromatic rings. The molecule has 1 heterocycles. The molecule has 0 saturated carbocycles. The molecule has 0 aromatic carbocycles. The van der Waals surface area contributed by atoms with Crippen LogP contribution in [0.15, 0.2) is 12.4 Å². The van der Waals surface area contributed by atoms with Gasteiger partial charge in [0, 0.05) is 24.4 Å². The van der Waals surface area contributed by atoms with Crippen molar-refractivity contribution in [3.63, 3.8) is 0 Å². The third-order valence-corrected chi connectivity index (χ3v) is 1.96. The van der Waals surface area contributed by atoms with E-state index < -0.39 is 12.8 Å². The normalized spacial score (nSPS) is 11.8. The number of hydrogen-bond acceptors (Lipinski definition) is 3. The van der Waals surface area contributed by atoms with Crippen molar-refractivity contribution in [2.45, 2.75) is 18.5 Å². The van der Waals surface area contributed by atoms with E-state index in [1.165, 1.54) is 0 Å². The Morgan fingerprint density at radius 1 is 1.25 bits per heavy atom. The monoisotopic (exact) mass is 254 g/mol. The van der Waals surface area contributed by atoms with Gasteiger partial charge in [-0.3, -0.25) is 0 Å². The minimum atomic E-state index is -4.29. The molecule has 0 radical (unpaired) electrons. The van der Waals surface area contributed by atoms with Crippen molar-refractivity contribution in [3.05, 3.63) is 23.8 Å². The van der Waals surface area contributed by atoms with Gasteiger partial charge in [0.2, 0.25) is 0 Å². The smallest absolute Gasteiger partial charge is 0.372 e. The fourth-order valence-corrected chi connectivity index (χ4v) is 1.07. The Morgan fingerprint density at radius 2 is 1.88 bits per heavy atom. The lowest BCUT2D eigenvalue weighted by atomic mass is 10.3. The lowest BCUT2D eigenvalue weighted by Crippen LogP contribution is -2.18. The van der Waals surface area contributed by atoms with Crippen LogP contribution in [0.4, 0.5) is 13.2 Å². The summed E-state index contributed by atoms with van der Waals surface area (Å²) in [4.78, 5) is 7.85. The van der Waals surface area contributed by atoms with Gasteiger partial charge in [0.25, 0.3) is 0 Å². The molecular formula is C9H10ClF3N2O. The van der Waals surface area contributed by atoms with Gasteiger partial charge in [0.1, 0.15) is 12.4 Å². The number of ether oxygens (including phenoxy) is 1. The Morgan fingerprint density at radius 3 is 2.38 bits per heavy atom. The third kappa shape index (κ3) is 5.27. The SMILES string of the molecule is FC(F)(F)COCCc1ncc(CCl)cn1. The van der Waals surface area contributed by atoms with Crippen LogP contribution in [0.5, 0.6) is 0 Å². The van der Waals surface area contributed by atoms with E-state index >= 15 is 0 Å². The Balaban J connectivity index is 2.27. The molecule has 90 valence electrons. The van der Waals surface area contributed by atoms with E-state index in [0.29, 0.717) is 11.7 Å². The molecule has 0 aliphatic rings. The van der Waals surface area contributed by atoms with Crippen LogP contribution in [-0.4, -0.2) is 29.4 Å². The second kappa shape index (κ2) is 6.00. The average molecular weight is 255 g/mol. The van der Waals surface area contributed by atoms with Gasteiger partial charge in [0.05, 0.1) is 12.5 Å². The Bertz CT molecular complexity index is 316. The molecule has 0 spiro atoms. The van der Waals surface area contributed by atoms with E-state index in [4.69, 9.17) is 11.6 Å². The van der Waals surface area contributed by atoms with Crippen molar-refractivity contribution in [2.24, 2.45) is 0 Å². The largest absolute Gasteiger partial charge is 0.411 e. The fraction of sp³-hybridized carbons (Fsp3) is 0.556. The molecule has 0 unspecified atom stereocenters. The maximum absolute atomic E-state index is 11.7. The molecule has 1 aromatic heterocycles. The maximum Gasteiger partial charge on any atom is 0.411 e. The highest BCUT2D eigenvalue weighted by molar-refractivity contribution is 6.17. The van der Waals surface area contributed by atoms with Crippen molar-refractivity contribution in [2.75, 3.05) is 13.2 Å². The zero-order valence-corrected chi connectivity index (χ0v) is 9.05. The summed E-state index contributed by atoms with van der Waals surface area (Å²) in [6.45, 7) is -1.30.